The number of rotatable bonds is 6. The molecule has 84 valence electrons. The van der Waals surface area contributed by atoms with E-state index in [4.69, 9.17) is 5.73 Å². The summed E-state index contributed by atoms with van der Waals surface area (Å²) < 4.78 is 0. The number of amides is 2. The van der Waals surface area contributed by atoms with Crippen LogP contribution in [0.25, 0.3) is 0 Å². The minimum atomic E-state index is -0.0972. The van der Waals surface area contributed by atoms with Crippen LogP contribution in [0.15, 0.2) is 0 Å². The summed E-state index contributed by atoms with van der Waals surface area (Å²) in [6, 6.07) is -0.0972. The number of unbranched alkanes of at least 4 members (excludes halogenated alkanes) is 1. The summed E-state index contributed by atoms with van der Waals surface area (Å²) in [5, 5.41) is 5.59. The maximum atomic E-state index is 11.2. The minimum absolute atomic E-state index is 0.0257. The summed E-state index contributed by atoms with van der Waals surface area (Å²) in [5.41, 5.74) is 5.52. The molecule has 0 heterocycles. The van der Waals surface area contributed by atoms with Crippen LogP contribution in [-0.2, 0) is 0 Å². The topological polar surface area (TPSA) is 67.2 Å². The summed E-state index contributed by atoms with van der Waals surface area (Å²) in [5.74, 6) is 0. The SMILES string of the molecule is CCCCNC(=O)NCC(C)(C)CN. The van der Waals surface area contributed by atoms with E-state index in [1.807, 2.05) is 13.8 Å². The van der Waals surface area contributed by atoms with Crippen molar-refractivity contribution in [2.75, 3.05) is 19.6 Å². The van der Waals surface area contributed by atoms with Gasteiger partial charge in [-0.1, -0.05) is 27.2 Å². The summed E-state index contributed by atoms with van der Waals surface area (Å²) in [6.45, 7) is 8.07. The molecule has 0 aromatic carbocycles. The van der Waals surface area contributed by atoms with Gasteiger partial charge in [-0.15, -0.1) is 0 Å². The van der Waals surface area contributed by atoms with Crippen LogP contribution in [0, 0.1) is 5.41 Å². The molecule has 2 amide bonds. The average Bonchev–Trinajstić information content (AvgIpc) is 2.16. The number of carbonyl (C=O) groups excluding carboxylic acids is 1. The van der Waals surface area contributed by atoms with Crippen LogP contribution in [0.5, 0.6) is 0 Å². The fraction of sp³-hybridized carbons (Fsp3) is 0.900. The highest BCUT2D eigenvalue weighted by atomic mass is 16.2. The Morgan fingerprint density at radius 1 is 1.36 bits per heavy atom. The molecule has 0 unspecified atom stereocenters. The Labute approximate surface area is 86.6 Å². The first-order chi connectivity index (χ1) is 6.52. The van der Waals surface area contributed by atoms with Gasteiger partial charge < -0.3 is 16.4 Å². The molecule has 0 aliphatic heterocycles. The van der Waals surface area contributed by atoms with Gasteiger partial charge in [0.15, 0.2) is 0 Å². The van der Waals surface area contributed by atoms with Crippen LogP contribution in [0.2, 0.25) is 0 Å². The standard InChI is InChI=1S/C10H23N3O/c1-4-5-6-12-9(14)13-8-10(2,3)7-11/h4-8,11H2,1-3H3,(H2,12,13,14). The number of carbonyl (C=O) groups is 1. The van der Waals surface area contributed by atoms with Crippen molar-refractivity contribution in [3.05, 3.63) is 0 Å². The van der Waals surface area contributed by atoms with Gasteiger partial charge in [0.25, 0.3) is 0 Å². The molecule has 0 aromatic heterocycles. The number of hydrogen-bond acceptors (Lipinski definition) is 2. The van der Waals surface area contributed by atoms with Gasteiger partial charge in [-0.3, -0.25) is 0 Å². The average molecular weight is 201 g/mol. The maximum Gasteiger partial charge on any atom is 0.314 e. The molecule has 0 aliphatic carbocycles. The van der Waals surface area contributed by atoms with Crippen molar-refractivity contribution in [2.24, 2.45) is 11.1 Å². The highest BCUT2D eigenvalue weighted by molar-refractivity contribution is 5.73. The predicted octanol–water partition coefficient (Wildman–Crippen LogP) is 1.07. The van der Waals surface area contributed by atoms with Crippen LogP contribution in [0.4, 0.5) is 4.79 Å². The second kappa shape index (κ2) is 6.65. The third-order valence-corrected chi connectivity index (χ3v) is 2.10. The summed E-state index contributed by atoms with van der Waals surface area (Å²) in [7, 11) is 0. The monoisotopic (exact) mass is 201 g/mol. The quantitative estimate of drug-likeness (QED) is 0.563. The second-order valence-corrected chi connectivity index (χ2v) is 4.33. The van der Waals surface area contributed by atoms with E-state index in [9.17, 15) is 4.79 Å². The molecule has 0 fully saturated rings. The molecular formula is C10H23N3O. The van der Waals surface area contributed by atoms with Crippen LogP contribution in [-0.4, -0.2) is 25.7 Å². The van der Waals surface area contributed by atoms with Crippen molar-refractivity contribution in [1.82, 2.24) is 10.6 Å². The lowest BCUT2D eigenvalue weighted by molar-refractivity contribution is 0.234. The van der Waals surface area contributed by atoms with E-state index < -0.39 is 0 Å². The minimum Gasteiger partial charge on any atom is -0.338 e. The first-order valence-electron chi connectivity index (χ1n) is 5.23. The molecule has 0 spiro atoms. The molecule has 0 aromatic rings. The largest absolute Gasteiger partial charge is 0.338 e. The number of nitrogens with two attached hydrogens (primary N) is 1. The number of nitrogens with one attached hydrogen (secondary N) is 2. The third kappa shape index (κ3) is 6.71. The molecule has 4 N–H and O–H groups in total. The Hall–Kier alpha value is -0.770. The van der Waals surface area contributed by atoms with E-state index in [2.05, 4.69) is 17.6 Å². The Morgan fingerprint density at radius 3 is 2.50 bits per heavy atom. The molecule has 4 nitrogen and oxygen atoms in total. The van der Waals surface area contributed by atoms with Crippen molar-refractivity contribution in [1.29, 1.82) is 0 Å². The fourth-order valence-corrected chi connectivity index (χ4v) is 0.833. The molecule has 0 saturated heterocycles. The zero-order valence-corrected chi connectivity index (χ0v) is 9.52. The van der Waals surface area contributed by atoms with E-state index >= 15 is 0 Å². The normalized spacial score (nSPS) is 11.1. The lowest BCUT2D eigenvalue weighted by Crippen LogP contribution is -2.43. The number of hydrogen-bond donors (Lipinski definition) is 3. The van der Waals surface area contributed by atoms with E-state index in [1.54, 1.807) is 0 Å². The van der Waals surface area contributed by atoms with E-state index in [1.165, 1.54) is 0 Å². The molecule has 0 aliphatic rings. The first-order valence-corrected chi connectivity index (χ1v) is 5.23. The van der Waals surface area contributed by atoms with Gasteiger partial charge in [-0.2, -0.15) is 0 Å². The van der Waals surface area contributed by atoms with Crippen molar-refractivity contribution in [3.8, 4) is 0 Å². The smallest absolute Gasteiger partial charge is 0.314 e. The van der Waals surface area contributed by atoms with Gasteiger partial charge in [0.2, 0.25) is 0 Å². The Kier molecular flexibility index (Phi) is 6.28. The summed E-state index contributed by atoms with van der Waals surface area (Å²) in [6.07, 6.45) is 2.11. The van der Waals surface area contributed by atoms with Crippen molar-refractivity contribution in [2.45, 2.75) is 33.6 Å². The van der Waals surface area contributed by atoms with Crippen LogP contribution < -0.4 is 16.4 Å². The highest BCUT2D eigenvalue weighted by Gasteiger charge is 2.15. The van der Waals surface area contributed by atoms with E-state index in [0.717, 1.165) is 19.4 Å². The Balaban J connectivity index is 3.53. The molecule has 14 heavy (non-hydrogen) atoms. The second-order valence-electron chi connectivity index (χ2n) is 4.33. The van der Waals surface area contributed by atoms with Crippen LogP contribution in [0.1, 0.15) is 33.6 Å². The van der Waals surface area contributed by atoms with E-state index in [0.29, 0.717) is 13.1 Å². The molecule has 0 bridgehead atoms. The summed E-state index contributed by atoms with van der Waals surface area (Å²) in [4.78, 5) is 11.2. The Bertz CT molecular complexity index is 169. The van der Waals surface area contributed by atoms with Crippen molar-refractivity contribution >= 4 is 6.03 Å². The maximum absolute atomic E-state index is 11.2. The third-order valence-electron chi connectivity index (χ3n) is 2.10. The van der Waals surface area contributed by atoms with Crippen LogP contribution in [0.3, 0.4) is 0 Å². The van der Waals surface area contributed by atoms with Crippen molar-refractivity contribution < 1.29 is 4.79 Å². The van der Waals surface area contributed by atoms with Gasteiger partial charge in [0.1, 0.15) is 0 Å². The number of urea groups is 1. The van der Waals surface area contributed by atoms with Crippen LogP contribution >= 0.6 is 0 Å². The highest BCUT2D eigenvalue weighted by Crippen LogP contribution is 2.09. The molecule has 0 saturated carbocycles. The first kappa shape index (κ1) is 13.2. The van der Waals surface area contributed by atoms with Gasteiger partial charge in [0, 0.05) is 13.1 Å². The molecule has 4 heteroatoms. The zero-order valence-electron chi connectivity index (χ0n) is 9.52. The van der Waals surface area contributed by atoms with E-state index in [-0.39, 0.29) is 11.4 Å². The van der Waals surface area contributed by atoms with Gasteiger partial charge >= 0.3 is 6.03 Å². The van der Waals surface area contributed by atoms with Gasteiger partial charge in [-0.25, -0.2) is 4.79 Å². The Morgan fingerprint density at radius 2 is 2.00 bits per heavy atom. The molecule has 0 atom stereocenters. The molecule has 0 rings (SSSR count). The van der Waals surface area contributed by atoms with Gasteiger partial charge in [0.05, 0.1) is 0 Å². The lowest BCUT2D eigenvalue weighted by atomic mass is 9.94. The van der Waals surface area contributed by atoms with Gasteiger partial charge in [-0.05, 0) is 18.4 Å². The molecule has 0 radical (unpaired) electrons. The van der Waals surface area contributed by atoms with Crippen molar-refractivity contribution in [3.63, 3.8) is 0 Å². The zero-order chi connectivity index (χ0) is 11.0. The lowest BCUT2D eigenvalue weighted by Gasteiger charge is -2.22. The summed E-state index contributed by atoms with van der Waals surface area (Å²) >= 11 is 0. The fourth-order valence-electron chi connectivity index (χ4n) is 0.833. The predicted molar refractivity (Wildman–Crippen MR) is 59.1 cm³/mol. The molecular weight excluding hydrogens is 178 g/mol.